The van der Waals surface area contributed by atoms with Crippen molar-refractivity contribution in [1.29, 1.82) is 0 Å². The van der Waals surface area contributed by atoms with Crippen LogP contribution in [-0.2, 0) is 9.53 Å². The van der Waals surface area contributed by atoms with Gasteiger partial charge >= 0.3 is 12.0 Å². The Kier molecular flexibility index (Phi) is 7.71. The maximum absolute atomic E-state index is 11.4. The third kappa shape index (κ3) is 7.06. The van der Waals surface area contributed by atoms with E-state index >= 15 is 0 Å². The van der Waals surface area contributed by atoms with Crippen LogP contribution in [0.2, 0.25) is 10.0 Å². The van der Waals surface area contributed by atoms with Crippen molar-refractivity contribution in [3.63, 3.8) is 0 Å². The van der Waals surface area contributed by atoms with Crippen molar-refractivity contribution in [2.45, 2.75) is 13.3 Å². The number of esters is 1. The first kappa shape index (κ1) is 17.4. The standard InChI is InChI=1S/C13H16Cl2N2O4/c1-2-20-12(18)5-6-16-13(19)17-8-21-11-4-3-9(14)7-10(11)15/h3-4,7H,2,5-6,8H2,1H3,(H2,16,17,19). The molecule has 1 aromatic carbocycles. The van der Waals surface area contributed by atoms with E-state index in [-0.39, 0.29) is 25.7 Å². The zero-order valence-electron chi connectivity index (χ0n) is 11.4. The van der Waals surface area contributed by atoms with Gasteiger partial charge < -0.3 is 20.1 Å². The van der Waals surface area contributed by atoms with E-state index in [0.717, 1.165) is 0 Å². The Labute approximate surface area is 132 Å². The molecule has 0 bridgehead atoms. The van der Waals surface area contributed by atoms with Gasteiger partial charge in [0.05, 0.1) is 18.1 Å². The Hall–Kier alpha value is -1.66. The van der Waals surface area contributed by atoms with Crippen LogP contribution in [0.4, 0.5) is 4.79 Å². The fourth-order valence-electron chi connectivity index (χ4n) is 1.35. The van der Waals surface area contributed by atoms with Crippen LogP contribution in [0.1, 0.15) is 13.3 Å². The highest BCUT2D eigenvalue weighted by molar-refractivity contribution is 6.35. The summed E-state index contributed by atoms with van der Waals surface area (Å²) in [5.74, 6) is 0.0508. The summed E-state index contributed by atoms with van der Waals surface area (Å²) < 4.78 is 10.00. The zero-order valence-corrected chi connectivity index (χ0v) is 13.0. The van der Waals surface area contributed by atoms with E-state index < -0.39 is 6.03 Å². The highest BCUT2D eigenvalue weighted by atomic mass is 35.5. The average molecular weight is 335 g/mol. The van der Waals surface area contributed by atoms with E-state index in [9.17, 15) is 9.59 Å². The number of carbonyl (C=O) groups excluding carboxylic acids is 2. The Morgan fingerprint density at radius 2 is 2.00 bits per heavy atom. The van der Waals surface area contributed by atoms with Crippen molar-refractivity contribution < 1.29 is 19.1 Å². The highest BCUT2D eigenvalue weighted by Crippen LogP contribution is 2.27. The first-order chi connectivity index (χ1) is 10.0. The van der Waals surface area contributed by atoms with E-state index in [4.69, 9.17) is 32.7 Å². The van der Waals surface area contributed by atoms with Gasteiger partial charge in [-0.1, -0.05) is 23.2 Å². The van der Waals surface area contributed by atoms with Crippen LogP contribution in [0, 0.1) is 0 Å². The molecular formula is C13H16Cl2N2O4. The Morgan fingerprint density at radius 1 is 1.24 bits per heavy atom. The second-order valence-electron chi connectivity index (χ2n) is 3.85. The fraction of sp³-hybridized carbons (Fsp3) is 0.385. The number of amides is 2. The molecule has 0 aliphatic rings. The summed E-state index contributed by atoms with van der Waals surface area (Å²) in [7, 11) is 0. The Morgan fingerprint density at radius 3 is 2.67 bits per heavy atom. The van der Waals surface area contributed by atoms with Crippen molar-refractivity contribution in [2.24, 2.45) is 0 Å². The summed E-state index contributed by atoms with van der Waals surface area (Å²) in [6.07, 6.45) is 0.116. The lowest BCUT2D eigenvalue weighted by Gasteiger charge is -2.10. The van der Waals surface area contributed by atoms with Crippen molar-refractivity contribution in [2.75, 3.05) is 19.9 Å². The molecule has 0 unspecified atom stereocenters. The molecule has 8 heteroatoms. The van der Waals surface area contributed by atoms with E-state index in [2.05, 4.69) is 10.6 Å². The molecule has 0 atom stereocenters. The number of urea groups is 1. The van der Waals surface area contributed by atoms with Gasteiger partial charge in [0.1, 0.15) is 5.75 Å². The van der Waals surface area contributed by atoms with Gasteiger partial charge in [-0.15, -0.1) is 0 Å². The molecule has 1 rings (SSSR count). The maximum atomic E-state index is 11.4. The van der Waals surface area contributed by atoms with Gasteiger partial charge in [-0.25, -0.2) is 4.79 Å². The number of rotatable bonds is 7. The first-order valence-electron chi connectivity index (χ1n) is 6.28. The minimum absolute atomic E-state index is 0.0629. The van der Waals surface area contributed by atoms with Gasteiger partial charge in [0.25, 0.3) is 0 Å². The van der Waals surface area contributed by atoms with E-state index in [1.165, 1.54) is 6.07 Å². The zero-order chi connectivity index (χ0) is 15.7. The summed E-state index contributed by atoms with van der Waals surface area (Å²) in [6.45, 7) is 2.16. The molecule has 0 radical (unpaired) electrons. The van der Waals surface area contributed by atoms with Gasteiger partial charge in [0.2, 0.25) is 0 Å². The number of hydrogen-bond acceptors (Lipinski definition) is 4. The maximum Gasteiger partial charge on any atom is 0.317 e. The molecule has 0 spiro atoms. The molecule has 6 nitrogen and oxygen atoms in total. The van der Waals surface area contributed by atoms with Crippen LogP contribution >= 0.6 is 23.2 Å². The normalized spacial score (nSPS) is 9.86. The second kappa shape index (κ2) is 9.31. The van der Waals surface area contributed by atoms with Crippen molar-refractivity contribution in [3.05, 3.63) is 28.2 Å². The summed E-state index contributed by atoms with van der Waals surface area (Å²) in [5.41, 5.74) is 0. The number of carbonyl (C=O) groups is 2. The molecule has 0 aliphatic heterocycles. The predicted octanol–water partition coefficient (Wildman–Crippen LogP) is 2.58. The monoisotopic (exact) mass is 334 g/mol. The third-order valence-corrected chi connectivity index (χ3v) is 2.80. The van der Waals surface area contributed by atoms with E-state index in [0.29, 0.717) is 22.4 Å². The van der Waals surface area contributed by atoms with E-state index in [1.807, 2.05) is 0 Å². The largest absolute Gasteiger partial charge is 0.472 e. The van der Waals surface area contributed by atoms with Crippen molar-refractivity contribution in [3.8, 4) is 5.75 Å². The summed E-state index contributed by atoms with van der Waals surface area (Å²) in [4.78, 5) is 22.4. The molecule has 0 fully saturated rings. The number of hydrogen-bond donors (Lipinski definition) is 2. The SMILES string of the molecule is CCOC(=O)CCNC(=O)NCOc1ccc(Cl)cc1Cl. The van der Waals surface area contributed by atoms with Crippen LogP contribution in [0.5, 0.6) is 5.75 Å². The van der Waals surface area contributed by atoms with E-state index in [1.54, 1.807) is 19.1 Å². The van der Waals surface area contributed by atoms with Crippen LogP contribution < -0.4 is 15.4 Å². The van der Waals surface area contributed by atoms with Crippen LogP contribution in [0.25, 0.3) is 0 Å². The number of halogens is 2. The molecule has 21 heavy (non-hydrogen) atoms. The molecule has 0 heterocycles. The highest BCUT2D eigenvalue weighted by Gasteiger charge is 2.05. The molecular weight excluding hydrogens is 319 g/mol. The smallest absolute Gasteiger partial charge is 0.317 e. The lowest BCUT2D eigenvalue weighted by molar-refractivity contribution is -0.142. The predicted molar refractivity (Wildman–Crippen MR) is 79.7 cm³/mol. The molecule has 0 aromatic heterocycles. The van der Waals surface area contributed by atoms with Gasteiger partial charge in [-0.05, 0) is 25.1 Å². The number of nitrogens with one attached hydrogen (secondary N) is 2. The number of benzene rings is 1. The molecule has 2 N–H and O–H groups in total. The van der Waals surface area contributed by atoms with Crippen LogP contribution in [0.15, 0.2) is 18.2 Å². The van der Waals surface area contributed by atoms with Crippen LogP contribution in [-0.4, -0.2) is 31.9 Å². The molecule has 1 aromatic rings. The van der Waals surface area contributed by atoms with Gasteiger partial charge in [0, 0.05) is 11.6 Å². The first-order valence-corrected chi connectivity index (χ1v) is 7.03. The summed E-state index contributed by atoms with van der Waals surface area (Å²) in [5, 5.41) is 5.81. The fourth-order valence-corrected chi connectivity index (χ4v) is 1.81. The van der Waals surface area contributed by atoms with Gasteiger partial charge in [0.15, 0.2) is 6.73 Å². The molecule has 0 aliphatic carbocycles. The van der Waals surface area contributed by atoms with Crippen LogP contribution in [0.3, 0.4) is 0 Å². The molecule has 0 saturated heterocycles. The minimum atomic E-state index is -0.454. The lowest BCUT2D eigenvalue weighted by Crippen LogP contribution is -2.38. The average Bonchev–Trinajstić information content (AvgIpc) is 2.41. The lowest BCUT2D eigenvalue weighted by atomic mass is 10.3. The molecule has 0 saturated carbocycles. The van der Waals surface area contributed by atoms with Gasteiger partial charge in [-0.2, -0.15) is 0 Å². The molecule has 2 amide bonds. The summed E-state index contributed by atoms with van der Waals surface area (Å²) in [6, 6.07) is 4.31. The molecule has 116 valence electrons. The third-order valence-electron chi connectivity index (χ3n) is 2.27. The topological polar surface area (TPSA) is 76.7 Å². The second-order valence-corrected chi connectivity index (χ2v) is 4.69. The summed E-state index contributed by atoms with van der Waals surface area (Å²) >= 11 is 11.7. The Bertz CT molecular complexity index is 497. The number of ether oxygens (including phenoxy) is 2. The Balaban J connectivity index is 2.20. The van der Waals surface area contributed by atoms with Crippen molar-refractivity contribution >= 4 is 35.2 Å². The van der Waals surface area contributed by atoms with Gasteiger partial charge in [-0.3, -0.25) is 4.79 Å². The quantitative estimate of drug-likeness (QED) is 0.593. The minimum Gasteiger partial charge on any atom is -0.472 e. The van der Waals surface area contributed by atoms with Crippen molar-refractivity contribution in [1.82, 2.24) is 10.6 Å².